The highest BCUT2D eigenvalue weighted by molar-refractivity contribution is 6.30. The van der Waals surface area contributed by atoms with Crippen LogP contribution in [-0.4, -0.2) is 9.38 Å². The molecule has 0 fully saturated rings. The van der Waals surface area contributed by atoms with E-state index in [-0.39, 0.29) is 12.2 Å². The summed E-state index contributed by atoms with van der Waals surface area (Å²) in [6.07, 6.45) is 3.36. The van der Waals surface area contributed by atoms with E-state index in [0.717, 1.165) is 0 Å². The monoisotopic (exact) mass is 311 g/mol. The van der Waals surface area contributed by atoms with Crippen molar-refractivity contribution in [3.05, 3.63) is 64.8 Å². The number of fused-ring (bicyclic) bond motifs is 1. The van der Waals surface area contributed by atoms with E-state index < -0.39 is 17.5 Å². The molecular formula is C14H9ClF3N3. The van der Waals surface area contributed by atoms with Crippen LogP contribution in [0.15, 0.2) is 36.7 Å². The minimum absolute atomic E-state index is 0.0960. The topological polar surface area (TPSA) is 29.3 Å². The Labute approximate surface area is 123 Å². The lowest BCUT2D eigenvalue weighted by molar-refractivity contribution is 0.547. The maximum Gasteiger partial charge on any atom is 0.152 e. The average Bonchev–Trinajstić information content (AvgIpc) is 2.79. The van der Waals surface area contributed by atoms with Crippen molar-refractivity contribution in [1.82, 2.24) is 9.38 Å². The molecule has 108 valence electrons. The zero-order valence-electron chi connectivity index (χ0n) is 10.6. The van der Waals surface area contributed by atoms with E-state index in [2.05, 4.69) is 10.3 Å². The van der Waals surface area contributed by atoms with Crippen LogP contribution >= 0.6 is 11.6 Å². The molecule has 0 saturated carbocycles. The van der Waals surface area contributed by atoms with Gasteiger partial charge in [-0.25, -0.2) is 18.2 Å². The second-order valence-corrected chi connectivity index (χ2v) is 4.88. The number of imidazole rings is 1. The fourth-order valence-electron chi connectivity index (χ4n) is 1.99. The van der Waals surface area contributed by atoms with E-state index in [1.807, 2.05) is 0 Å². The molecule has 0 atom stereocenters. The van der Waals surface area contributed by atoms with Gasteiger partial charge in [-0.3, -0.25) is 0 Å². The highest BCUT2D eigenvalue weighted by Gasteiger charge is 2.11. The maximum atomic E-state index is 13.5. The van der Waals surface area contributed by atoms with Crippen LogP contribution in [0.4, 0.5) is 18.9 Å². The van der Waals surface area contributed by atoms with Gasteiger partial charge in [0, 0.05) is 24.5 Å². The number of aromatic nitrogens is 2. The third-order valence-corrected chi connectivity index (χ3v) is 3.14. The fraction of sp³-hybridized carbons (Fsp3) is 0.0714. The number of nitrogens with one attached hydrogen (secondary N) is 1. The van der Waals surface area contributed by atoms with E-state index in [0.29, 0.717) is 28.5 Å². The van der Waals surface area contributed by atoms with Crippen LogP contribution in [0.2, 0.25) is 5.02 Å². The maximum absolute atomic E-state index is 13.5. The first-order valence-corrected chi connectivity index (χ1v) is 6.42. The molecule has 7 heteroatoms. The Hall–Kier alpha value is -2.21. The first-order valence-electron chi connectivity index (χ1n) is 6.04. The van der Waals surface area contributed by atoms with Gasteiger partial charge < -0.3 is 9.72 Å². The molecule has 2 aromatic heterocycles. The van der Waals surface area contributed by atoms with Gasteiger partial charge in [0.05, 0.1) is 17.3 Å². The zero-order chi connectivity index (χ0) is 15.0. The molecule has 1 aromatic carbocycles. The lowest BCUT2D eigenvalue weighted by Gasteiger charge is -2.07. The largest absolute Gasteiger partial charge is 0.375 e. The van der Waals surface area contributed by atoms with Gasteiger partial charge in [-0.15, -0.1) is 0 Å². The number of benzene rings is 1. The van der Waals surface area contributed by atoms with Crippen molar-refractivity contribution in [2.45, 2.75) is 6.54 Å². The molecule has 0 amide bonds. The number of rotatable bonds is 3. The van der Waals surface area contributed by atoms with Crippen LogP contribution in [0, 0.1) is 17.5 Å². The van der Waals surface area contributed by atoms with Crippen molar-refractivity contribution in [2.24, 2.45) is 0 Å². The van der Waals surface area contributed by atoms with Crippen molar-refractivity contribution < 1.29 is 13.2 Å². The smallest absolute Gasteiger partial charge is 0.152 e. The van der Waals surface area contributed by atoms with Gasteiger partial charge in [-0.05, 0) is 12.1 Å². The second-order valence-electron chi connectivity index (χ2n) is 4.44. The number of nitrogens with zero attached hydrogens (tertiary/aromatic N) is 2. The number of hydrogen-bond acceptors (Lipinski definition) is 2. The van der Waals surface area contributed by atoms with E-state index >= 15 is 0 Å². The van der Waals surface area contributed by atoms with Gasteiger partial charge in [0.25, 0.3) is 0 Å². The van der Waals surface area contributed by atoms with Gasteiger partial charge in [-0.2, -0.15) is 0 Å². The molecule has 0 radical (unpaired) electrons. The predicted molar refractivity (Wildman–Crippen MR) is 73.8 cm³/mol. The van der Waals surface area contributed by atoms with Crippen LogP contribution < -0.4 is 5.32 Å². The molecule has 0 aliphatic heterocycles. The highest BCUT2D eigenvalue weighted by Crippen LogP contribution is 2.21. The minimum Gasteiger partial charge on any atom is -0.375 e. The molecule has 1 N–H and O–H groups in total. The number of anilines is 1. The average molecular weight is 312 g/mol. The number of pyridine rings is 1. The summed E-state index contributed by atoms with van der Waals surface area (Å²) in [5.74, 6) is -2.93. The molecule has 0 unspecified atom stereocenters. The molecule has 0 spiro atoms. The summed E-state index contributed by atoms with van der Waals surface area (Å²) in [7, 11) is 0. The Morgan fingerprint density at radius 2 is 1.81 bits per heavy atom. The van der Waals surface area contributed by atoms with Crippen LogP contribution in [-0.2, 0) is 6.54 Å². The van der Waals surface area contributed by atoms with Crippen molar-refractivity contribution in [2.75, 3.05) is 5.32 Å². The van der Waals surface area contributed by atoms with Gasteiger partial charge in [0.15, 0.2) is 11.6 Å². The SMILES string of the molecule is Fc1cc(F)c(NCc2cn3cc(Cl)ccc3n2)c(F)c1. The summed E-state index contributed by atoms with van der Waals surface area (Å²) < 4.78 is 41.5. The standard InChI is InChI=1S/C14H9ClF3N3/c15-8-1-2-13-20-10(7-21(13)6-8)5-19-14-11(17)3-9(16)4-12(14)18/h1-4,6-7,19H,5H2. The van der Waals surface area contributed by atoms with Gasteiger partial charge in [-0.1, -0.05) is 11.6 Å². The van der Waals surface area contributed by atoms with E-state index in [9.17, 15) is 13.2 Å². The molecule has 3 nitrogen and oxygen atoms in total. The first kappa shape index (κ1) is 13.8. The van der Waals surface area contributed by atoms with E-state index in [4.69, 9.17) is 11.6 Å². The molecule has 3 aromatic rings. The van der Waals surface area contributed by atoms with Crippen molar-refractivity contribution in [1.29, 1.82) is 0 Å². The van der Waals surface area contributed by atoms with Crippen molar-refractivity contribution >= 4 is 22.9 Å². The molecule has 0 saturated heterocycles. The Bertz CT molecular complexity index is 793. The lowest BCUT2D eigenvalue weighted by Crippen LogP contribution is -2.04. The lowest BCUT2D eigenvalue weighted by atomic mass is 10.2. The Morgan fingerprint density at radius 3 is 2.52 bits per heavy atom. The normalized spacial score (nSPS) is 11.0. The number of halogens is 4. The molecule has 0 aliphatic rings. The van der Waals surface area contributed by atoms with Gasteiger partial charge >= 0.3 is 0 Å². The van der Waals surface area contributed by atoms with Gasteiger partial charge in [0.2, 0.25) is 0 Å². The molecular weight excluding hydrogens is 303 g/mol. The summed E-state index contributed by atoms with van der Waals surface area (Å²) in [4.78, 5) is 4.27. The second kappa shape index (κ2) is 5.29. The van der Waals surface area contributed by atoms with Crippen molar-refractivity contribution in [3.63, 3.8) is 0 Å². The number of hydrogen-bond donors (Lipinski definition) is 1. The third kappa shape index (κ3) is 2.80. The molecule has 2 heterocycles. The quantitative estimate of drug-likeness (QED) is 0.791. The summed E-state index contributed by atoms with van der Waals surface area (Å²) >= 11 is 5.86. The van der Waals surface area contributed by atoms with E-state index in [1.54, 1.807) is 28.9 Å². The zero-order valence-corrected chi connectivity index (χ0v) is 11.3. The van der Waals surface area contributed by atoms with Crippen LogP contribution in [0.3, 0.4) is 0 Å². The molecule has 3 rings (SSSR count). The van der Waals surface area contributed by atoms with Crippen LogP contribution in [0.1, 0.15) is 5.69 Å². The Kier molecular flexibility index (Phi) is 3.47. The summed E-state index contributed by atoms with van der Waals surface area (Å²) in [6.45, 7) is 0.0960. The predicted octanol–water partition coefficient (Wildman–Crippen LogP) is 4.02. The molecule has 0 bridgehead atoms. The van der Waals surface area contributed by atoms with Crippen LogP contribution in [0.5, 0.6) is 0 Å². The Balaban J connectivity index is 1.83. The van der Waals surface area contributed by atoms with Crippen molar-refractivity contribution in [3.8, 4) is 0 Å². The summed E-state index contributed by atoms with van der Waals surface area (Å²) in [5, 5.41) is 3.13. The van der Waals surface area contributed by atoms with Crippen LogP contribution in [0.25, 0.3) is 5.65 Å². The highest BCUT2D eigenvalue weighted by atomic mass is 35.5. The molecule has 21 heavy (non-hydrogen) atoms. The summed E-state index contributed by atoms with van der Waals surface area (Å²) in [5.41, 5.74) is 0.850. The summed E-state index contributed by atoms with van der Waals surface area (Å²) in [6, 6.07) is 4.66. The van der Waals surface area contributed by atoms with E-state index in [1.165, 1.54) is 0 Å². The Morgan fingerprint density at radius 1 is 1.10 bits per heavy atom. The fourth-order valence-corrected chi connectivity index (χ4v) is 2.16. The van der Waals surface area contributed by atoms with Gasteiger partial charge in [0.1, 0.15) is 17.2 Å². The molecule has 0 aliphatic carbocycles. The first-order chi connectivity index (χ1) is 10.0. The third-order valence-electron chi connectivity index (χ3n) is 2.92. The minimum atomic E-state index is -0.987.